The molecule has 0 amide bonds. The van der Waals surface area contributed by atoms with Crippen LogP contribution in [0.3, 0.4) is 0 Å². The monoisotopic (exact) mass is 324 g/mol. The van der Waals surface area contributed by atoms with E-state index in [2.05, 4.69) is 9.88 Å². The minimum Gasteiger partial charge on any atom is -0.493 e. The molecule has 0 radical (unpaired) electrons. The molecule has 1 aromatic heterocycles. The molecule has 1 aromatic rings. The number of aromatic nitrogens is 1. The van der Waals surface area contributed by atoms with Crippen molar-refractivity contribution in [2.75, 3.05) is 31.3 Å². The van der Waals surface area contributed by atoms with Crippen molar-refractivity contribution in [3.63, 3.8) is 0 Å². The molecular formula is C13H22Cl2N2OS. The van der Waals surface area contributed by atoms with Gasteiger partial charge in [0.2, 0.25) is 0 Å². The lowest BCUT2D eigenvalue weighted by Gasteiger charge is -2.13. The van der Waals surface area contributed by atoms with Crippen LogP contribution in [-0.2, 0) is 0 Å². The van der Waals surface area contributed by atoms with Gasteiger partial charge in [-0.3, -0.25) is 9.88 Å². The molecule has 2 rings (SSSR count). The number of hydrogen-bond acceptors (Lipinski definition) is 4. The van der Waals surface area contributed by atoms with Crippen molar-refractivity contribution < 1.29 is 4.74 Å². The fourth-order valence-corrected chi connectivity index (χ4v) is 2.90. The lowest BCUT2D eigenvalue weighted by atomic mass is 10.2. The van der Waals surface area contributed by atoms with Gasteiger partial charge in [0.15, 0.2) is 0 Å². The average Bonchev–Trinajstić information content (AvgIpc) is 2.88. The smallest absolute Gasteiger partial charge is 0.122 e. The molecule has 0 aromatic carbocycles. The number of thioether (sulfide) groups is 1. The first kappa shape index (κ1) is 18.8. The molecule has 1 saturated heterocycles. The molecule has 110 valence electrons. The molecule has 1 fully saturated rings. The van der Waals surface area contributed by atoms with E-state index in [0.29, 0.717) is 0 Å². The Morgan fingerprint density at radius 1 is 1.16 bits per heavy atom. The number of hydrogen-bond donors (Lipinski definition) is 0. The minimum atomic E-state index is 0. The Morgan fingerprint density at radius 2 is 1.95 bits per heavy atom. The zero-order valence-corrected chi connectivity index (χ0v) is 13.4. The molecular weight excluding hydrogens is 303 g/mol. The van der Waals surface area contributed by atoms with E-state index in [4.69, 9.17) is 4.74 Å². The van der Waals surface area contributed by atoms with Crippen LogP contribution in [0.1, 0.15) is 19.3 Å². The molecule has 2 heterocycles. The molecule has 0 unspecified atom stereocenters. The number of rotatable bonds is 7. The van der Waals surface area contributed by atoms with E-state index in [1.54, 1.807) is 12.4 Å². The molecule has 0 atom stereocenters. The third-order valence-corrected chi connectivity index (χ3v) is 3.88. The average molecular weight is 325 g/mol. The van der Waals surface area contributed by atoms with Gasteiger partial charge in [0.1, 0.15) is 5.75 Å². The Kier molecular flexibility index (Phi) is 11.6. The largest absolute Gasteiger partial charge is 0.493 e. The van der Waals surface area contributed by atoms with Crippen LogP contribution >= 0.6 is 36.6 Å². The number of ether oxygens (including phenoxy) is 1. The van der Waals surface area contributed by atoms with Crippen LogP contribution in [0.15, 0.2) is 24.5 Å². The van der Waals surface area contributed by atoms with E-state index in [1.807, 2.05) is 23.9 Å². The molecule has 0 bridgehead atoms. The molecule has 0 spiro atoms. The van der Waals surface area contributed by atoms with Gasteiger partial charge in [-0.25, -0.2) is 0 Å². The molecule has 6 heteroatoms. The summed E-state index contributed by atoms with van der Waals surface area (Å²) in [5.74, 6) is 3.47. The predicted molar refractivity (Wildman–Crippen MR) is 87.0 cm³/mol. The van der Waals surface area contributed by atoms with E-state index >= 15 is 0 Å². The Labute approximate surface area is 132 Å². The van der Waals surface area contributed by atoms with Gasteiger partial charge >= 0.3 is 0 Å². The van der Waals surface area contributed by atoms with E-state index in [1.165, 1.54) is 37.6 Å². The Balaban J connectivity index is 0.00000162. The second kappa shape index (κ2) is 11.6. The highest BCUT2D eigenvalue weighted by Gasteiger charge is 2.10. The Bertz CT molecular complexity index is 311. The summed E-state index contributed by atoms with van der Waals surface area (Å²) in [5, 5.41) is 0. The van der Waals surface area contributed by atoms with E-state index in [0.717, 1.165) is 18.8 Å². The van der Waals surface area contributed by atoms with E-state index < -0.39 is 0 Å². The molecule has 3 nitrogen and oxygen atoms in total. The number of pyridine rings is 1. The zero-order valence-electron chi connectivity index (χ0n) is 11.0. The predicted octanol–water partition coefficient (Wildman–Crippen LogP) is 3.48. The summed E-state index contributed by atoms with van der Waals surface area (Å²) < 4.78 is 5.62. The van der Waals surface area contributed by atoms with Crippen LogP contribution in [0.5, 0.6) is 5.75 Å². The topological polar surface area (TPSA) is 25.4 Å². The van der Waals surface area contributed by atoms with Gasteiger partial charge in [-0.15, -0.1) is 36.6 Å². The number of nitrogens with zero attached hydrogens (tertiary/aromatic N) is 2. The van der Waals surface area contributed by atoms with E-state index in [9.17, 15) is 0 Å². The maximum atomic E-state index is 5.62. The summed E-state index contributed by atoms with van der Waals surface area (Å²) in [6.07, 6.45) is 7.22. The molecule has 19 heavy (non-hydrogen) atoms. The quantitative estimate of drug-likeness (QED) is 0.717. The molecule has 1 aliphatic heterocycles. The van der Waals surface area contributed by atoms with Gasteiger partial charge in [-0.05, 0) is 37.9 Å². The van der Waals surface area contributed by atoms with Gasteiger partial charge in [0, 0.05) is 30.6 Å². The zero-order chi connectivity index (χ0) is 11.8. The van der Waals surface area contributed by atoms with Gasteiger partial charge in [0.05, 0.1) is 6.61 Å². The van der Waals surface area contributed by atoms with Crippen molar-refractivity contribution in [3.05, 3.63) is 24.5 Å². The highest BCUT2D eigenvalue weighted by molar-refractivity contribution is 7.99. The number of unbranched alkanes of at least 4 members (excludes halogenated alkanes) is 2. The number of halogens is 2. The van der Waals surface area contributed by atoms with Crippen molar-refractivity contribution in [2.45, 2.75) is 19.3 Å². The van der Waals surface area contributed by atoms with Gasteiger partial charge in [-0.1, -0.05) is 0 Å². The first-order valence-electron chi connectivity index (χ1n) is 6.28. The fraction of sp³-hybridized carbons (Fsp3) is 0.615. The van der Waals surface area contributed by atoms with Crippen LogP contribution in [0, 0.1) is 0 Å². The summed E-state index contributed by atoms with van der Waals surface area (Å²) in [6.45, 7) is 3.35. The van der Waals surface area contributed by atoms with Crippen LogP contribution in [0.25, 0.3) is 0 Å². The summed E-state index contributed by atoms with van der Waals surface area (Å²) >= 11 is 2.04. The van der Waals surface area contributed by atoms with Crippen molar-refractivity contribution in [2.24, 2.45) is 0 Å². The molecule has 0 saturated carbocycles. The normalized spacial score (nSPS) is 14.5. The van der Waals surface area contributed by atoms with Crippen LogP contribution in [0.2, 0.25) is 0 Å². The summed E-state index contributed by atoms with van der Waals surface area (Å²) in [5.41, 5.74) is 0. The van der Waals surface area contributed by atoms with Crippen molar-refractivity contribution in [3.8, 4) is 5.75 Å². The first-order valence-corrected chi connectivity index (χ1v) is 7.43. The van der Waals surface area contributed by atoms with Crippen molar-refractivity contribution in [1.82, 2.24) is 9.88 Å². The molecule has 0 N–H and O–H groups in total. The highest BCUT2D eigenvalue weighted by Crippen LogP contribution is 2.14. The van der Waals surface area contributed by atoms with Gasteiger partial charge in [-0.2, -0.15) is 0 Å². The second-order valence-electron chi connectivity index (χ2n) is 4.25. The Morgan fingerprint density at radius 3 is 2.63 bits per heavy atom. The molecule has 0 aliphatic carbocycles. The maximum Gasteiger partial charge on any atom is 0.122 e. The fourth-order valence-electron chi connectivity index (χ4n) is 1.87. The summed E-state index contributed by atoms with van der Waals surface area (Å²) in [6, 6.07) is 3.81. The standard InChI is InChI=1S/C13H20N2OS.2ClH/c1(2-8-15-9-11-17-12-15)3-10-16-13-4-6-14-7-5-13;;/h4-7H,1-3,8-12H2;2*1H. The summed E-state index contributed by atoms with van der Waals surface area (Å²) in [7, 11) is 0. The SMILES string of the molecule is Cl.Cl.c1cc(OCCCCCN2CCSC2)ccn1. The highest BCUT2D eigenvalue weighted by atomic mass is 35.5. The lowest BCUT2D eigenvalue weighted by molar-refractivity contribution is 0.293. The maximum absolute atomic E-state index is 5.62. The summed E-state index contributed by atoms with van der Waals surface area (Å²) in [4.78, 5) is 6.50. The third kappa shape index (κ3) is 7.88. The first-order chi connectivity index (χ1) is 8.45. The van der Waals surface area contributed by atoms with Crippen LogP contribution in [0.4, 0.5) is 0 Å². The van der Waals surface area contributed by atoms with Crippen molar-refractivity contribution in [1.29, 1.82) is 0 Å². The van der Waals surface area contributed by atoms with Crippen molar-refractivity contribution >= 4 is 36.6 Å². The minimum absolute atomic E-state index is 0. The molecule has 1 aliphatic rings. The van der Waals surface area contributed by atoms with Gasteiger partial charge < -0.3 is 4.74 Å². The Hall–Kier alpha value is -0.160. The lowest BCUT2D eigenvalue weighted by Crippen LogP contribution is -2.20. The van der Waals surface area contributed by atoms with E-state index in [-0.39, 0.29) is 24.8 Å². The van der Waals surface area contributed by atoms with Crippen LogP contribution in [-0.4, -0.2) is 41.2 Å². The van der Waals surface area contributed by atoms with Gasteiger partial charge in [0.25, 0.3) is 0 Å². The second-order valence-corrected chi connectivity index (χ2v) is 5.32. The third-order valence-electron chi connectivity index (χ3n) is 2.86. The van der Waals surface area contributed by atoms with Crippen LogP contribution < -0.4 is 4.74 Å².